The zero-order chi connectivity index (χ0) is 13.2. The fourth-order valence-corrected chi connectivity index (χ4v) is 1.27. The lowest BCUT2D eigenvalue weighted by Crippen LogP contribution is -2.11. The summed E-state index contributed by atoms with van der Waals surface area (Å²) in [5, 5.41) is 8.91. The van der Waals surface area contributed by atoms with Gasteiger partial charge in [0.15, 0.2) is 0 Å². The molecule has 94 valence electrons. The van der Waals surface area contributed by atoms with E-state index in [9.17, 15) is 4.79 Å². The lowest BCUT2D eigenvalue weighted by Gasteiger charge is -2.03. The first-order valence-electron chi connectivity index (χ1n) is 5.69. The number of carbonyl (C=O) groups is 1. The summed E-state index contributed by atoms with van der Waals surface area (Å²) in [6.45, 7) is 2.92. The van der Waals surface area contributed by atoms with Gasteiger partial charge in [-0.1, -0.05) is 30.3 Å². The predicted molar refractivity (Wildman–Crippen MR) is 67.5 cm³/mol. The smallest absolute Gasteiger partial charge is 0.348 e. The first-order valence-corrected chi connectivity index (χ1v) is 5.69. The minimum Gasteiger partial charge on any atom is -0.459 e. The van der Waals surface area contributed by atoms with Gasteiger partial charge < -0.3 is 9.47 Å². The Hall–Kier alpha value is -2.12. The Balaban J connectivity index is 2.58. The van der Waals surface area contributed by atoms with E-state index in [1.165, 1.54) is 6.08 Å². The van der Waals surface area contributed by atoms with Gasteiger partial charge in [-0.05, 0) is 18.6 Å². The van der Waals surface area contributed by atoms with Crippen molar-refractivity contribution >= 4 is 12.0 Å². The molecule has 0 N–H and O–H groups in total. The van der Waals surface area contributed by atoms with Crippen LogP contribution >= 0.6 is 0 Å². The Morgan fingerprint density at radius 1 is 1.33 bits per heavy atom. The fourth-order valence-electron chi connectivity index (χ4n) is 1.27. The molecule has 4 nitrogen and oxygen atoms in total. The number of esters is 1. The summed E-state index contributed by atoms with van der Waals surface area (Å²) in [6, 6.07) is 11.0. The molecule has 0 fully saturated rings. The monoisotopic (exact) mass is 245 g/mol. The molecule has 0 unspecified atom stereocenters. The molecule has 4 heteroatoms. The first kappa shape index (κ1) is 13.9. The van der Waals surface area contributed by atoms with Crippen molar-refractivity contribution in [3.05, 3.63) is 41.5 Å². The van der Waals surface area contributed by atoms with E-state index >= 15 is 0 Å². The molecule has 0 radical (unpaired) electrons. The zero-order valence-corrected chi connectivity index (χ0v) is 10.3. The van der Waals surface area contributed by atoms with Crippen LogP contribution in [0.5, 0.6) is 0 Å². The molecule has 0 saturated heterocycles. The van der Waals surface area contributed by atoms with Gasteiger partial charge in [0.1, 0.15) is 18.2 Å². The van der Waals surface area contributed by atoms with Gasteiger partial charge in [0.05, 0.1) is 6.61 Å². The molecule has 0 aromatic heterocycles. The second-order valence-electron chi connectivity index (χ2n) is 3.41. The highest BCUT2D eigenvalue weighted by Gasteiger charge is 2.10. The van der Waals surface area contributed by atoms with Crippen LogP contribution in [-0.2, 0) is 14.3 Å². The van der Waals surface area contributed by atoms with E-state index < -0.39 is 5.97 Å². The molecule has 0 atom stereocenters. The summed E-state index contributed by atoms with van der Waals surface area (Å²) in [4.78, 5) is 11.6. The van der Waals surface area contributed by atoms with E-state index in [0.29, 0.717) is 13.2 Å². The molecule has 0 saturated carbocycles. The second kappa shape index (κ2) is 8.04. The topological polar surface area (TPSA) is 59.3 Å². The highest BCUT2D eigenvalue weighted by atomic mass is 16.6. The molecule has 1 aromatic carbocycles. The van der Waals surface area contributed by atoms with Gasteiger partial charge in [0.25, 0.3) is 0 Å². The Bertz CT molecular complexity index is 446. The van der Waals surface area contributed by atoms with Crippen LogP contribution in [0.2, 0.25) is 0 Å². The standard InChI is InChI=1S/C14H15NO3/c1-2-17-8-9-18-14(16)13(11-15)10-12-6-4-3-5-7-12/h3-7,10H,2,8-9H2,1H3/b13-10-. The van der Waals surface area contributed by atoms with Gasteiger partial charge in [-0.2, -0.15) is 5.26 Å². The van der Waals surface area contributed by atoms with E-state index in [0.717, 1.165) is 5.56 Å². The summed E-state index contributed by atoms with van der Waals surface area (Å²) < 4.78 is 9.95. The van der Waals surface area contributed by atoms with Crippen molar-refractivity contribution < 1.29 is 14.3 Å². The van der Waals surface area contributed by atoms with Crippen LogP contribution in [0.4, 0.5) is 0 Å². The van der Waals surface area contributed by atoms with Gasteiger partial charge in [-0.25, -0.2) is 4.79 Å². The Labute approximate surface area is 106 Å². The summed E-state index contributed by atoms with van der Waals surface area (Å²) in [5.41, 5.74) is 0.772. The zero-order valence-electron chi connectivity index (χ0n) is 10.3. The number of nitriles is 1. The van der Waals surface area contributed by atoms with Crippen LogP contribution in [0.3, 0.4) is 0 Å². The molecule has 18 heavy (non-hydrogen) atoms. The molecular weight excluding hydrogens is 230 g/mol. The van der Waals surface area contributed by atoms with Crippen molar-refractivity contribution in [1.82, 2.24) is 0 Å². The maximum Gasteiger partial charge on any atom is 0.348 e. The summed E-state index contributed by atoms with van der Waals surface area (Å²) in [5.74, 6) is -0.624. The van der Waals surface area contributed by atoms with E-state index in [2.05, 4.69) is 0 Å². The van der Waals surface area contributed by atoms with Gasteiger partial charge in [-0.15, -0.1) is 0 Å². The third kappa shape index (κ3) is 4.81. The van der Waals surface area contributed by atoms with Crippen molar-refractivity contribution in [3.63, 3.8) is 0 Å². The van der Waals surface area contributed by atoms with Crippen LogP contribution in [0.15, 0.2) is 35.9 Å². The molecule has 0 bridgehead atoms. The normalized spacial score (nSPS) is 10.8. The quantitative estimate of drug-likeness (QED) is 0.333. The van der Waals surface area contributed by atoms with Crippen LogP contribution in [0, 0.1) is 11.3 Å². The van der Waals surface area contributed by atoms with Crippen LogP contribution in [0.25, 0.3) is 6.08 Å². The van der Waals surface area contributed by atoms with Crippen molar-refractivity contribution in [2.75, 3.05) is 19.8 Å². The first-order chi connectivity index (χ1) is 8.77. The van der Waals surface area contributed by atoms with Gasteiger partial charge in [-0.3, -0.25) is 0 Å². The number of hydrogen-bond acceptors (Lipinski definition) is 4. The molecule has 0 aliphatic heterocycles. The summed E-state index contributed by atoms with van der Waals surface area (Å²) in [6.07, 6.45) is 1.50. The lowest BCUT2D eigenvalue weighted by atomic mass is 10.1. The minimum atomic E-state index is -0.624. The molecule has 1 aromatic rings. The number of rotatable bonds is 6. The third-order valence-electron chi connectivity index (χ3n) is 2.12. The van der Waals surface area contributed by atoms with Gasteiger partial charge in [0.2, 0.25) is 0 Å². The van der Waals surface area contributed by atoms with Crippen molar-refractivity contribution in [3.8, 4) is 6.07 Å². The molecule has 0 spiro atoms. The molecule has 0 amide bonds. The lowest BCUT2D eigenvalue weighted by molar-refractivity contribution is -0.139. The number of carbonyl (C=O) groups excluding carboxylic acids is 1. The van der Waals surface area contributed by atoms with E-state index in [-0.39, 0.29) is 12.2 Å². The average Bonchev–Trinajstić information content (AvgIpc) is 2.42. The molecule has 0 aliphatic rings. The van der Waals surface area contributed by atoms with Gasteiger partial charge in [0, 0.05) is 6.61 Å². The molecule has 1 rings (SSSR count). The number of nitrogens with zero attached hydrogens (tertiary/aromatic N) is 1. The highest BCUT2D eigenvalue weighted by molar-refractivity contribution is 5.97. The van der Waals surface area contributed by atoms with E-state index in [1.54, 1.807) is 0 Å². The van der Waals surface area contributed by atoms with Gasteiger partial charge >= 0.3 is 5.97 Å². The minimum absolute atomic E-state index is 0.0160. The van der Waals surface area contributed by atoms with Crippen molar-refractivity contribution in [2.24, 2.45) is 0 Å². The highest BCUT2D eigenvalue weighted by Crippen LogP contribution is 2.07. The summed E-state index contributed by atoms with van der Waals surface area (Å²) >= 11 is 0. The number of hydrogen-bond donors (Lipinski definition) is 0. The van der Waals surface area contributed by atoms with Crippen molar-refractivity contribution in [2.45, 2.75) is 6.92 Å². The van der Waals surface area contributed by atoms with Crippen LogP contribution in [-0.4, -0.2) is 25.8 Å². The number of benzene rings is 1. The fraction of sp³-hybridized carbons (Fsp3) is 0.286. The number of ether oxygens (including phenoxy) is 2. The molecule has 0 aliphatic carbocycles. The van der Waals surface area contributed by atoms with Crippen LogP contribution < -0.4 is 0 Å². The Kier molecular flexibility index (Phi) is 6.23. The maximum atomic E-state index is 11.6. The average molecular weight is 245 g/mol. The van der Waals surface area contributed by atoms with E-state index in [1.807, 2.05) is 43.3 Å². The second-order valence-corrected chi connectivity index (χ2v) is 3.41. The third-order valence-corrected chi connectivity index (χ3v) is 2.12. The molecule has 0 heterocycles. The summed E-state index contributed by atoms with van der Waals surface area (Å²) in [7, 11) is 0. The van der Waals surface area contributed by atoms with Crippen LogP contribution in [0.1, 0.15) is 12.5 Å². The maximum absolute atomic E-state index is 11.6. The predicted octanol–water partition coefficient (Wildman–Crippen LogP) is 2.17. The molecular formula is C14H15NO3. The Morgan fingerprint density at radius 3 is 2.67 bits per heavy atom. The SMILES string of the molecule is CCOCCOC(=O)/C(C#N)=C\c1ccccc1. The van der Waals surface area contributed by atoms with E-state index in [4.69, 9.17) is 14.7 Å². The Morgan fingerprint density at radius 2 is 2.06 bits per heavy atom. The van der Waals surface area contributed by atoms with Crippen molar-refractivity contribution in [1.29, 1.82) is 5.26 Å². The largest absolute Gasteiger partial charge is 0.459 e.